The average molecular weight is 236 g/mol. The van der Waals surface area contributed by atoms with Gasteiger partial charge in [-0.3, -0.25) is 9.36 Å². The molecule has 2 aromatic rings. The molecule has 0 unspecified atom stereocenters. The third-order valence-corrected chi connectivity index (χ3v) is 2.05. The van der Waals surface area contributed by atoms with Crippen LogP contribution in [0.4, 0.5) is 0 Å². The summed E-state index contributed by atoms with van der Waals surface area (Å²) >= 11 is 0. The van der Waals surface area contributed by atoms with Gasteiger partial charge < -0.3 is 10.2 Å². The van der Waals surface area contributed by atoms with Crippen LogP contribution in [0, 0.1) is 0 Å². The lowest BCUT2D eigenvalue weighted by atomic mass is 10.4. The standard InChI is InChI=1S/C9H8N4O4/c14-8(15)6-1-10-12(3-6)5-13-4-7(2-11-13)9(16)17/h1-4H,5H2,(H,14,15)(H,16,17). The third kappa shape index (κ3) is 2.30. The Kier molecular flexibility index (Phi) is 2.61. The maximum atomic E-state index is 10.6. The van der Waals surface area contributed by atoms with Gasteiger partial charge in [0.1, 0.15) is 6.67 Å². The van der Waals surface area contributed by atoms with E-state index in [1.807, 2.05) is 0 Å². The SMILES string of the molecule is O=C(O)c1cnn(Cn2cc(C(=O)O)cn2)c1. The minimum absolute atomic E-state index is 0.0654. The molecule has 0 aromatic carbocycles. The fourth-order valence-electron chi connectivity index (χ4n) is 1.25. The van der Waals surface area contributed by atoms with Crippen molar-refractivity contribution in [1.29, 1.82) is 0 Å². The molecular formula is C9H8N4O4. The molecule has 0 radical (unpaired) electrons. The number of hydrogen-bond donors (Lipinski definition) is 2. The molecule has 8 heteroatoms. The fourth-order valence-corrected chi connectivity index (χ4v) is 1.25. The molecule has 0 amide bonds. The van der Waals surface area contributed by atoms with Crippen molar-refractivity contribution < 1.29 is 19.8 Å². The Labute approximate surface area is 94.7 Å². The summed E-state index contributed by atoms with van der Waals surface area (Å²) in [5.74, 6) is -2.13. The van der Waals surface area contributed by atoms with Gasteiger partial charge in [-0.25, -0.2) is 9.59 Å². The first-order chi connectivity index (χ1) is 8.06. The molecule has 0 aliphatic rings. The molecule has 8 nitrogen and oxygen atoms in total. The Hall–Kier alpha value is -2.64. The van der Waals surface area contributed by atoms with Gasteiger partial charge in [0.25, 0.3) is 0 Å². The van der Waals surface area contributed by atoms with Gasteiger partial charge in [0, 0.05) is 12.4 Å². The number of carboxylic acid groups (broad SMARTS) is 2. The summed E-state index contributed by atoms with van der Waals surface area (Å²) in [7, 11) is 0. The maximum absolute atomic E-state index is 10.6. The summed E-state index contributed by atoms with van der Waals surface area (Å²) in [5, 5.41) is 25.0. The zero-order valence-corrected chi connectivity index (χ0v) is 8.52. The predicted molar refractivity (Wildman–Crippen MR) is 53.8 cm³/mol. The molecule has 88 valence electrons. The lowest BCUT2D eigenvalue weighted by Crippen LogP contribution is -2.09. The van der Waals surface area contributed by atoms with Gasteiger partial charge in [-0.1, -0.05) is 0 Å². The Balaban J connectivity index is 2.13. The zero-order valence-electron chi connectivity index (χ0n) is 8.52. The largest absolute Gasteiger partial charge is 0.478 e. The number of carbonyl (C=O) groups is 2. The first-order valence-corrected chi connectivity index (χ1v) is 4.58. The molecule has 0 saturated carbocycles. The molecule has 2 heterocycles. The highest BCUT2D eigenvalue weighted by atomic mass is 16.4. The van der Waals surface area contributed by atoms with E-state index < -0.39 is 11.9 Å². The Morgan fingerprint density at radius 3 is 1.71 bits per heavy atom. The monoisotopic (exact) mass is 236 g/mol. The van der Waals surface area contributed by atoms with Crippen LogP contribution in [0.1, 0.15) is 20.7 Å². The van der Waals surface area contributed by atoms with Gasteiger partial charge in [0.2, 0.25) is 0 Å². The van der Waals surface area contributed by atoms with Crippen molar-refractivity contribution >= 4 is 11.9 Å². The van der Waals surface area contributed by atoms with Crippen molar-refractivity contribution in [3.63, 3.8) is 0 Å². The van der Waals surface area contributed by atoms with Crippen LogP contribution in [0.2, 0.25) is 0 Å². The van der Waals surface area contributed by atoms with Crippen LogP contribution >= 0.6 is 0 Å². The Morgan fingerprint density at radius 2 is 1.41 bits per heavy atom. The number of rotatable bonds is 4. The van der Waals surface area contributed by atoms with E-state index in [4.69, 9.17) is 10.2 Å². The number of aromatic nitrogens is 4. The first-order valence-electron chi connectivity index (χ1n) is 4.58. The summed E-state index contributed by atoms with van der Waals surface area (Å²) in [5.41, 5.74) is 0.131. The lowest BCUT2D eigenvalue weighted by Gasteiger charge is -2.00. The van der Waals surface area contributed by atoms with Gasteiger partial charge in [0.05, 0.1) is 23.5 Å². The minimum atomic E-state index is -1.07. The highest BCUT2D eigenvalue weighted by molar-refractivity contribution is 5.87. The molecule has 17 heavy (non-hydrogen) atoms. The highest BCUT2D eigenvalue weighted by Crippen LogP contribution is 2.00. The molecular weight excluding hydrogens is 228 g/mol. The molecule has 2 aromatic heterocycles. The quantitative estimate of drug-likeness (QED) is 0.771. The first kappa shape index (κ1) is 10.9. The topological polar surface area (TPSA) is 110 Å². The molecule has 2 rings (SSSR count). The fraction of sp³-hybridized carbons (Fsp3) is 0.111. The molecule has 0 fully saturated rings. The normalized spacial score (nSPS) is 10.4. The van der Waals surface area contributed by atoms with E-state index in [2.05, 4.69) is 10.2 Å². The van der Waals surface area contributed by atoms with Gasteiger partial charge in [-0.15, -0.1) is 0 Å². The van der Waals surface area contributed by atoms with Gasteiger partial charge in [-0.2, -0.15) is 10.2 Å². The molecule has 0 aliphatic carbocycles. The number of aromatic carboxylic acids is 2. The Bertz CT molecular complexity index is 521. The van der Waals surface area contributed by atoms with Gasteiger partial charge in [0.15, 0.2) is 0 Å². The van der Waals surface area contributed by atoms with E-state index in [1.165, 1.54) is 34.2 Å². The number of hydrogen-bond acceptors (Lipinski definition) is 4. The van der Waals surface area contributed by atoms with Crippen LogP contribution < -0.4 is 0 Å². The highest BCUT2D eigenvalue weighted by Gasteiger charge is 2.08. The second-order valence-corrected chi connectivity index (χ2v) is 3.29. The smallest absolute Gasteiger partial charge is 0.338 e. The molecule has 0 bridgehead atoms. The van der Waals surface area contributed by atoms with Crippen molar-refractivity contribution in [2.24, 2.45) is 0 Å². The second-order valence-electron chi connectivity index (χ2n) is 3.29. The van der Waals surface area contributed by atoms with Crippen LogP contribution in [0.15, 0.2) is 24.8 Å². The number of nitrogens with zero attached hydrogens (tertiary/aromatic N) is 4. The van der Waals surface area contributed by atoms with E-state index in [9.17, 15) is 9.59 Å². The summed E-state index contributed by atoms with van der Waals surface area (Å²) < 4.78 is 2.70. The van der Waals surface area contributed by atoms with Crippen molar-refractivity contribution in [1.82, 2.24) is 19.6 Å². The summed E-state index contributed by atoms with van der Waals surface area (Å²) in [6, 6.07) is 0. The van der Waals surface area contributed by atoms with Crippen LogP contribution in [-0.2, 0) is 6.67 Å². The molecule has 0 atom stereocenters. The third-order valence-electron chi connectivity index (χ3n) is 2.05. The van der Waals surface area contributed by atoms with E-state index in [1.54, 1.807) is 0 Å². The summed E-state index contributed by atoms with van der Waals surface area (Å²) in [6.07, 6.45) is 5.10. The van der Waals surface area contributed by atoms with E-state index in [0.29, 0.717) is 0 Å². The van der Waals surface area contributed by atoms with E-state index in [-0.39, 0.29) is 17.8 Å². The Morgan fingerprint density at radius 1 is 1.00 bits per heavy atom. The second kappa shape index (κ2) is 4.08. The summed E-state index contributed by atoms with van der Waals surface area (Å²) in [4.78, 5) is 21.2. The predicted octanol–water partition coefficient (Wildman–Crippen LogP) is -0.0182. The molecule has 0 saturated heterocycles. The van der Waals surface area contributed by atoms with E-state index in [0.717, 1.165) is 0 Å². The van der Waals surface area contributed by atoms with Gasteiger partial charge >= 0.3 is 11.9 Å². The van der Waals surface area contributed by atoms with Crippen LogP contribution in [-0.4, -0.2) is 41.7 Å². The summed E-state index contributed by atoms with van der Waals surface area (Å²) in [6.45, 7) is 0.153. The van der Waals surface area contributed by atoms with Crippen molar-refractivity contribution in [3.8, 4) is 0 Å². The van der Waals surface area contributed by atoms with Crippen LogP contribution in [0.5, 0.6) is 0 Å². The van der Waals surface area contributed by atoms with E-state index >= 15 is 0 Å². The minimum Gasteiger partial charge on any atom is -0.478 e. The molecule has 2 N–H and O–H groups in total. The lowest BCUT2D eigenvalue weighted by molar-refractivity contribution is 0.0686. The zero-order chi connectivity index (χ0) is 12.4. The van der Waals surface area contributed by atoms with Gasteiger partial charge in [-0.05, 0) is 0 Å². The molecule has 0 aliphatic heterocycles. The molecule has 0 spiro atoms. The van der Waals surface area contributed by atoms with Crippen molar-refractivity contribution in [2.75, 3.05) is 0 Å². The van der Waals surface area contributed by atoms with Crippen LogP contribution in [0.3, 0.4) is 0 Å². The van der Waals surface area contributed by atoms with Crippen molar-refractivity contribution in [2.45, 2.75) is 6.67 Å². The maximum Gasteiger partial charge on any atom is 0.338 e. The van der Waals surface area contributed by atoms with Crippen LogP contribution in [0.25, 0.3) is 0 Å². The number of carboxylic acids is 2. The van der Waals surface area contributed by atoms with Crippen molar-refractivity contribution in [3.05, 3.63) is 35.9 Å². The average Bonchev–Trinajstić information content (AvgIpc) is 2.87.